The van der Waals surface area contributed by atoms with Crippen molar-refractivity contribution in [3.05, 3.63) is 27.3 Å². The maximum absolute atomic E-state index is 11.3. The normalized spacial score (nSPS) is 12.3. The second-order valence-electron chi connectivity index (χ2n) is 3.07. The molecule has 1 aromatic carbocycles. The zero-order chi connectivity index (χ0) is 11.4. The van der Waals surface area contributed by atoms with E-state index in [4.69, 9.17) is 4.74 Å². The van der Waals surface area contributed by atoms with Gasteiger partial charge in [0.2, 0.25) is 0 Å². The number of hydrogen-bond acceptors (Lipinski definition) is 2. The van der Waals surface area contributed by atoms with Crippen LogP contribution in [0, 0.1) is 3.57 Å². The molecule has 0 aliphatic carbocycles. The molecule has 82 valence electrons. The van der Waals surface area contributed by atoms with E-state index < -0.39 is 0 Å². The Morgan fingerprint density at radius 2 is 2.27 bits per heavy atom. The largest absolute Gasteiger partial charge is 0.493 e. The molecule has 0 aromatic heterocycles. The second kappa shape index (κ2) is 5.84. The number of ether oxygens (including phenoxy) is 1. The van der Waals surface area contributed by atoms with Crippen molar-refractivity contribution in [3.63, 3.8) is 0 Å². The average molecular weight is 383 g/mol. The summed E-state index contributed by atoms with van der Waals surface area (Å²) < 4.78 is 6.46. The lowest BCUT2D eigenvalue weighted by Crippen LogP contribution is -2.04. The fourth-order valence-corrected chi connectivity index (χ4v) is 2.85. The van der Waals surface area contributed by atoms with E-state index in [1.807, 2.05) is 25.1 Å². The maximum Gasteiger partial charge on any atom is 0.147 e. The van der Waals surface area contributed by atoms with E-state index in [-0.39, 0.29) is 10.6 Å². The molecule has 1 rings (SSSR count). The van der Waals surface area contributed by atoms with Gasteiger partial charge in [0.05, 0.1) is 15.0 Å². The average Bonchev–Trinajstić information content (AvgIpc) is 2.20. The number of hydrogen-bond donors (Lipinski definition) is 0. The number of benzene rings is 1. The van der Waals surface area contributed by atoms with E-state index in [0.717, 1.165) is 14.9 Å². The zero-order valence-electron chi connectivity index (χ0n) is 8.59. The minimum absolute atomic E-state index is 0.0987. The molecule has 0 saturated carbocycles. The zero-order valence-corrected chi connectivity index (χ0v) is 12.3. The van der Waals surface area contributed by atoms with E-state index in [1.54, 1.807) is 6.92 Å². The van der Waals surface area contributed by atoms with Gasteiger partial charge in [-0.1, -0.05) is 28.1 Å². The van der Waals surface area contributed by atoms with Crippen LogP contribution in [0.5, 0.6) is 5.75 Å². The van der Waals surface area contributed by atoms with Crippen LogP contribution < -0.4 is 4.74 Å². The number of rotatable bonds is 4. The first-order valence-corrected chi connectivity index (χ1v) is 6.63. The number of halogens is 2. The highest BCUT2D eigenvalue weighted by atomic mass is 127. The van der Waals surface area contributed by atoms with Gasteiger partial charge in [-0.05, 0) is 48.1 Å². The van der Waals surface area contributed by atoms with Crippen LogP contribution in [0.4, 0.5) is 0 Å². The van der Waals surface area contributed by atoms with Crippen molar-refractivity contribution >= 4 is 44.3 Å². The van der Waals surface area contributed by atoms with Crippen molar-refractivity contribution in [2.75, 3.05) is 6.61 Å². The summed E-state index contributed by atoms with van der Waals surface area (Å²) in [4.78, 5) is 11.0. The fraction of sp³-hybridized carbons (Fsp3) is 0.364. The number of Topliss-reactive ketones (excluding diaryl/α,β-unsaturated/α-hetero) is 1. The summed E-state index contributed by atoms with van der Waals surface area (Å²) in [7, 11) is 0. The van der Waals surface area contributed by atoms with Crippen LogP contribution in [0.15, 0.2) is 18.2 Å². The van der Waals surface area contributed by atoms with Crippen molar-refractivity contribution in [3.8, 4) is 5.75 Å². The molecule has 0 heterocycles. The van der Waals surface area contributed by atoms with Crippen molar-refractivity contribution in [1.29, 1.82) is 0 Å². The Morgan fingerprint density at radius 3 is 2.80 bits per heavy atom. The van der Waals surface area contributed by atoms with Crippen LogP contribution in [-0.2, 0) is 4.79 Å². The Hall–Kier alpha value is -0.100. The second-order valence-corrected chi connectivity index (χ2v) is 5.06. The summed E-state index contributed by atoms with van der Waals surface area (Å²) in [5, 5.41) is 0. The Morgan fingerprint density at radius 1 is 1.60 bits per heavy atom. The molecule has 0 bridgehead atoms. The van der Waals surface area contributed by atoms with Gasteiger partial charge in [0.1, 0.15) is 11.5 Å². The van der Waals surface area contributed by atoms with E-state index in [1.165, 1.54) is 0 Å². The van der Waals surface area contributed by atoms with Crippen LogP contribution in [0.3, 0.4) is 0 Å². The van der Waals surface area contributed by atoms with Crippen molar-refractivity contribution in [2.24, 2.45) is 0 Å². The highest BCUT2D eigenvalue weighted by Crippen LogP contribution is 2.33. The van der Waals surface area contributed by atoms with Gasteiger partial charge >= 0.3 is 0 Å². The third-order valence-corrected chi connectivity index (χ3v) is 4.22. The van der Waals surface area contributed by atoms with E-state index in [9.17, 15) is 4.79 Å². The quantitative estimate of drug-likeness (QED) is 0.586. The summed E-state index contributed by atoms with van der Waals surface area (Å²) in [5.41, 5.74) is 0.967. The molecule has 2 nitrogen and oxygen atoms in total. The molecule has 0 aliphatic heterocycles. The molecule has 0 fully saturated rings. The molecule has 4 heteroatoms. The summed E-state index contributed by atoms with van der Waals surface area (Å²) in [5.74, 6) is 0.933. The first-order valence-electron chi connectivity index (χ1n) is 4.63. The number of carbonyl (C=O) groups is 1. The van der Waals surface area contributed by atoms with Gasteiger partial charge in [-0.2, -0.15) is 0 Å². The van der Waals surface area contributed by atoms with Gasteiger partial charge in [0, 0.05) is 0 Å². The Kier molecular flexibility index (Phi) is 5.05. The topological polar surface area (TPSA) is 26.3 Å². The summed E-state index contributed by atoms with van der Waals surface area (Å²) in [6.45, 7) is 4.15. The molecule has 0 spiro atoms. The minimum Gasteiger partial charge on any atom is -0.493 e. The number of alkyl halides is 1. The molecular formula is C11H12BrIO2. The van der Waals surface area contributed by atoms with Gasteiger partial charge in [0.25, 0.3) is 0 Å². The molecule has 0 aliphatic rings. The lowest BCUT2D eigenvalue weighted by atomic mass is 10.1. The van der Waals surface area contributed by atoms with Gasteiger partial charge in [-0.15, -0.1) is 0 Å². The van der Waals surface area contributed by atoms with Crippen LogP contribution in [0.2, 0.25) is 0 Å². The third kappa shape index (κ3) is 3.17. The standard InChI is InChI=1S/C11H12BrIO2/c1-3-15-9-6-4-5-8(11(9)13)10(12)7(2)14/h4-6,10H,3H2,1-2H3. The van der Waals surface area contributed by atoms with Crippen LogP contribution in [-0.4, -0.2) is 12.4 Å². The van der Waals surface area contributed by atoms with Gasteiger partial charge in [-0.25, -0.2) is 0 Å². The van der Waals surface area contributed by atoms with Gasteiger partial charge < -0.3 is 4.74 Å². The van der Waals surface area contributed by atoms with E-state index in [2.05, 4.69) is 38.5 Å². The van der Waals surface area contributed by atoms with E-state index in [0.29, 0.717) is 6.61 Å². The van der Waals surface area contributed by atoms with Crippen LogP contribution in [0.25, 0.3) is 0 Å². The molecular weight excluding hydrogens is 371 g/mol. The molecule has 1 unspecified atom stereocenters. The molecule has 0 amide bonds. The summed E-state index contributed by atoms with van der Waals surface area (Å²) in [6, 6.07) is 5.75. The molecule has 0 N–H and O–H groups in total. The van der Waals surface area contributed by atoms with E-state index >= 15 is 0 Å². The van der Waals surface area contributed by atoms with Gasteiger partial charge in [0.15, 0.2) is 0 Å². The Balaban J connectivity index is 3.08. The van der Waals surface area contributed by atoms with Crippen molar-refractivity contribution in [2.45, 2.75) is 18.7 Å². The molecule has 0 radical (unpaired) electrons. The SMILES string of the molecule is CCOc1cccc(C(Br)C(C)=O)c1I. The smallest absolute Gasteiger partial charge is 0.147 e. The summed E-state index contributed by atoms with van der Waals surface area (Å²) in [6.07, 6.45) is 0. The third-order valence-electron chi connectivity index (χ3n) is 1.92. The first-order chi connectivity index (χ1) is 7.07. The van der Waals surface area contributed by atoms with Crippen molar-refractivity contribution < 1.29 is 9.53 Å². The number of ketones is 1. The first kappa shape index (κ1) is 13.0. The summed E-state index contributed by atoms with van der Waals surface area (Å²) >= 11 is 5.58. The van der Waals surface area contributed by atoms with Crippen LogP contribution in [0.1, 0.15) is 24.2 Å². The highest BCUT2D eigenvalue weighted by Gasteiger charge is 2.17. The molecule has 1 aromatic rings. The molecule has 15 heavy (non-hydrogen) atoms. The lowest BCUT2D eigenvalue weighted by Gasteiger charge is -2.12. The maximum atomic E-state index is 11.3. The molecule has 0 saturated heterocycles. The molecule has 1 atom stereocenters. The van der Waals surface area contributed by atoms with Crippen LogP contribution >= 0.6 is 38.5 Å². The van der Waals surface area contributed by atoms with Crippen molar-refractivity contribution in [1.82, 2.24) is 0 Å². The minimum atomic E-state index is -0.246. The number of carbonyl (C=O) groups excluding carboxylic acids is 1. The van der Waals surface area contributed by atoms with Gasteiger partial charge in [-0.3, -0.25) is 4.79 Å². The fourth-order valence-electron chi connectivity index (χ4n) is 1.21. The Labute approximate surface area is 112 Å². The monoisotopic (exact) mass is 382 g/mol. The lowest BCUT2D eigenvalue weighted by molar-refractivity contribution is -0.116. The predicted octanol–water partition coefficient (Wildman–Crippen LogP) is 3.71. The predicted molar refractivity (Wildman–Crippen MR) is 72.7 cm³/mol. The highest BCUT2D eigenvalue weighted by molar-refractivity contribution is 14.1. The Bertz CT molecular complexity index is 366.